The first-order valence-corrected chi connectivity index (χ1v) is 12.0. The molecule has 0 saturated carbocycles. The number of piperidine rings is 1. The van der Waals surface area contributed by atoms with Gasteiger partial charge < -0.3 is 15.2 Å². The number of hydrogen-bond acceptors (Lipinski definition) is 5. The van der Waals surface area contributed by atoms with E-state index in [9.17, 15) is 18.4 Å². The molecule has 8 nitrogen and oxygen atoms in total. The third kappa shape index (κ3) is 4.20. The third-order valence-electron chi connectivity index (χ3n) is 7.22. The predicted molar refractivity (Wildman–Crippen MR) is 134 cm³/mol. The summed E-state index contributed by atoms with van der Waals surface area (Å²) in [7, 11) is 1.69. The highest BCUT2D eigenvalue weighted by atomic mass is 19.3. The molecule has 0 spiro atoms. The number of amides is 1. The van der Waals surface area contributed by atoms with Crippen LogP contribution in [0.2, 0.25) is 0 Å². The van der Waals surface area contributed by atoms with Gasteiger partial charge in [0.1, 0.15) is 17.8 Å². The second-order valence-electron chi connectivity index (χ2n) is 9.42. The maximum atomic E-state index is 13.7. The van der Waals surface area contributed by atoms with Gasteiger partial charge in [0.05, 0.1) is 11.4 Å². The normalized spacial score (nSPS) is 15.7. The van der Waals surface area contributed by atoms with Crippen molar-refractivity contribution in [2.24, 2.45) is 7.05 Å². The van der Waals surface area contributed by atoms with Crippen LogP contribution in [-0.4, -0.2) is 43.4 Å². The zero-order valence-corrected chi connectivity index (χ0v) is 20.4. The average Bonchev–Trinajstić information content (AvgIpc) is 3.34. The number of aryl methyl sites for hydroxylation is 1. The lowest BCUT2D eigenvalue weighted by molar-refractivity contribution is -0.129. The number of rotatable bonds is 5. The molecule has 10 heteroatoms. The number of likely N-dealkylation sites (tertiary alicyclic amines) is 1. The second kappa shape index (κ2) is 9.33. The predicted octanol–water partition coefficient (Wildman–Crippen LogP) is 4.65. The van der Waals surface area contributed by atoms with Gasteiger partial charge in [-0.2, -0.15) is 0 Å². The van der Waals surface area contributed by atoms with Gasteiger partial charge in [0.2, 0.25) is 5.91 Å². The van der Waals surface area contributed by atoms with E-state index in [1.165, 1.54) is 17.0 Å². The number of benzene rings is 1. The molecule has 2 N–H and O–H groups in total. The van der Waals surface area contributed by atoms with Gasteiger partial charge in [0.15, 0.2) is 0 Å². The van der Waals surface area contributed by atoms with Gasteiger partial charge >= 0.3 is 0 Å². The molecule has 1 atom stereocenters. The van der Waals surface area contributed by atoms with E-state index in [0.717, 1.165) is 0 Å². The molecule has 1 aromatic carbocycles. The highest BCUT2D eigenvalue weighted by Crippen LogP contribution is 2.33. The van der Waals surface area contributed by atoms with Crippen molar-refractivity contribution in [3.63, 3.8) is 0 Å². The average molecular weight is 495 g/mol. The smallest absolute Gasteiger partial charge is 0.264 e. The maximum Gasteiger partial charge on any atom is 0.264 e. The Bertz CT molecular complexity index is 1500. The SMILES string of the molecule is CC(=O)N1CCC(c2cc3c(N[C@H](C)c4cc(C(F)F)c5cc[nH]c5c4)ncnc3n(C)c2=O)CC1. The number of alkyl halides is 2. The van der Waals surface area contributed by atoms with Gasteiger partial charge in [0, 0.05) is 55.3 Å². The quantitative estimate of drug-likeness (QED) is 0.421. The Morgan fingerprint density at radius 2 is 1.92 bits per heavy atom. The molecule has 0 bridgehead atoms. The highest BCUT2D eigenvalue weighted by molar-refractivity contribution is 5.88. The van der Waals surface area contributed by atoms with E-state index in [1.54, 1.807) is 31.1 Å². The van der Waals surface area contributed by atoms with Gasteiger partial charge in [-0.15, -0.1) is 0 Å². The van der Waals surface area contributed by atoms with E-state index >= 15 is 0 Å². The molecule has 4 aromatic rings. The summed E-state index contributed by atoms with van der Waals surface area (Å²) in [6, 6.07) is 6.53. The first-order valence-electron chi connectivity index (χ1n) is 12.0. The Balaban J connectivity index is 1.51. The van der Waals surface area contributed by atoms with Gasteiger partial charge in [-0.3, -0.25) is 14.2 Å². The number of nitrogens with zero attached hydrogens (tertiary/aromatic N) is 4. The third-order valence-corrected chi connectivity index (χ3v) is 7.22. The van der Waals surface area contributed by atoms with E-state index in [4.69, 9.17) is 0 Å². The molecule has 0 aliphatic carbocycles. The van der Waals surface area contributed by atoms with Crippen LogP contribution in [0, 0.1) is 0 Å². The number of anilines is 1. The second-order valence-corrected chi connectivity index (χ2v) is 9.42. The topological polar surface area (TPSA) is 95.9 Å². The number of pyridine rings is 1. The van der Waals surface area contributed by atoms with Crippen LogP contribution < -0.4 is 10.9 Å². The van der Waals surface area contributed by atoms with Crippen molar-refractivity contribution in [2.45, 2.75) is 45.1 Å². The lowest BCUT2D eigenvalue weighted by Crippen LogP contribution is -2.38. The molecule has 1 aliphatic heterocycles. The minimum absolute atomic E-state index is 0.0217. The molecule has 188 valence electrons. The van der Waals surface area contributed by atoms with Crippen molar-refractivity contribution >= 4 is 33.7 Å². The fourth-order valence-corrected chi connectivity index (χ4v) is 5.14. The molecule has 5 rings (SSSR count). The fourth-order valence-electron chi connectivity index (χ4n) is 5.14. The summed E-state index contributed by atoms with van der Waals surface area (Å²) < 4.78 is 29.0. The van der Waals surface area contributed by atoms with Crippen LogP contribution >= 0.6 is 0 Å². The number of hydrogen-bond donors (Lipinski definition) is 2. The van der Waals surface area contributed by atoms with Crippen molar-refractivity contribution < 1.29 is 13.6 Å². The molecule has 0 unspecified atom stereocenters. The lowest BCUT2D eigenvalue weighted by atomic mass is 9.89. The van der Waals surface area contributed by atoms with Crippen LogP contribution in [0.1, 0.15) is 61.8 Å². The Labute approximate surface area is 206 Å². The van der Waals surface area contributed by atoms with Crippen molar-refractivity contribution in [3.8, 4) is 0 Å². The van der Waals surface area contributed by atoms with Crippen LogP contribution in [0.15, 0.2) is 41.6 Å². The van der Waals surface area contributed by atoms with Crippen LogP contribution in [0.5, 0.6) is 0 Å². The van der Waals surface area contributed by atoms with Crippen molar-refractivity contribution in [1.82, 2.24) is 24.4 Å². The number of H-pyrrole nitrogens is 1. The van der Waals surface area contributed by atoms with E-state index in [0.29, 0.717) is 64.8 Å². The minimum Gasteiger partial charge on any atom is -0.363 e. The molecule has 1 amide bonds. The zero-order chi connectivity index (χ0) is 25.6. The Morgan fingerprint density at radius 3 is 2.61 bits per heavy atom. The number of carbonyl (C=O) groups excluding carboxylic acids is 1. The first-order chi connectivity index (χ1) is 17.2. The summed E-state index contributed by atoms with van der Waals surface area (Å²) in [5.41, 5.74) is 2.36. The molecule has 1 fully saturated rings. The van der Waals surface area contributed by atoms with E-state index in [1.807, 2.05) is 19.1 Å². The standard InChI is InChI=1S/C26H28F2N6O2/c1-14(17-10-20(23(27)28)18-4-7-29-22(18)11-17)32-24-21-12-19(16-5-8-34(9-6-16)15(2)35)26(36)33(3)25(21)31-13-30-24/h4,7,10-14,16,23,29H,5-6,8-9H2,1-3H3,(H,30,31,32)/t14-/m1/s1. The molecule has 36 heavy (non-hydrogen) atoms. The molecular weight excluding hydrogens is 466 g/mol. The molecule has 4 heterocycles. The summed E-state index contributed by atoms with van der Waals surface area (Å²) in [6.45, 7) is 4.67. The number of aromatic amines is 1. The van der Waals surface area contributed by atoms with Gasteiger partial charge in [-0.05, 0) is 55.5 Å². The largest absolute Gasteiger partial charge is 0.363 e. The van der Waals surface area contributed by atoms with Crippen LogP contribution in [0.25, 0.3) is 21.9 Å². The number of fused-ring (bicyclic) bond motifs is 2. The van der Waals surface area contributed by atoms with Gasteiger partial charge in [0.25, 0.3) is 12.0 Å². The van der Waals surface area contributed by atoms with E-state index in [2.05, 4.69) is 20.3 Å². The van der Waals surface area contributed by atoms with Gasteiger partial charge in [-0.25, -0.2) is 18.7 Å². The number of halogens is 2. The van der Waals surface area contributed by atoms with Crippen LogP contribution in [0.3, 0.4) is 0 Å². The number of carbonyl (C=O) groups is 1. The fraction of sp³-hybridized carbons (Fsp3) is 0.385. The molecule has 3 aromatic heterocycles. The molecule has 1 saturated heterocycles. The van der Waals surface area contributed by atoms with Crippen molar-refractivity contribution in [1.29, 1.82) is 0 Å². The summed E-state index contributed by atoms with van der Waals surface area (Å²) in [6.07, 6.45) is 1.86. The van der Waals surface area contributed by atoms with Gasteiger partial charge in [-0.1, -0.05) is 0 Å². The van der Waals surface area contributed by atoms with Crippen LogP contribution in [0.4, 0.5) is 14.6 Å². The first kappa shape index (κ1) is 23.9. The summed E-state index contributed by atoms with van der Waals surface area (Å²) in [4.78, 5) is 38.5. The lowest BCUT2D eigenvalue weighted by Gasteiger charge is -2.31. The molecule has 0 radical (unpaired) electrons. The van der Waals surface area contributed by atoms with E-state index < -0.39 is 6.43 Å². The zero-order valence-electron chi connectivity index (χ0n) is 20.4. The monoisotopic (exact) mass is 494 g/mol. The molecule has 1 aliphatic rings. The number of nitrogens with one attached hydrogen (secondary N) is 2. The van der Waals surface area contributed by atoms with E-state index in [-0.39, 0.29) is 29.0 Å². The summed E-state index contributed by atoms with van der Waals surface area (Å²) >= 11 is 0. The Kier molecular flexibility index (Phi) is 6.19. The maximum absolute atomic E-state index is 13.7. The number of aromatic nitrogens is 4. The molecular formula is C26H28F2N6O2. The van der Waals surface area contributed by atoms with Crippen LogP contribution in [-0.2, 0) is 11.8 Å². The summed E-state index contributed by atoms with van der Waals surface area (Å²) in [5, 5.41) is 4.53. The minimum atomic E-state index is -2.60. The highest BCUT2D eigenvalue weighted by Gasteiger charge is 2.26. The van der Waals surface area contributed by atoms with Crippen molar-refractivity contribution in [3.05, 3.63) is 63.8 Å². The Hall–Kier alpha value is -3.82. The Morgan fingerprint density at radius 1 is 1.17 bits per heavy atom. The van der Waals surface area contributed by atoms with Crippen molar-refractivity contribution in [2.75, 3.05) is 18.4 Å². The summed E-state index contributed by atoms with van der Waals surface area (Å²) in [5.74, 6) is 0.593.